The average Bonchev–Trinajstić information content (AvgIpc) is 2.83. The molecule has 2 fully saturated rings. The van der Waals surface area contributed by atoms with Gasteiger partial charge in [0.1, 0.15) is 18.4 Å². The largest absolute Gasteiger partial charge is 0.494 e. The van der Waals surface area contributed by atoms with E-state index in [9.17, 15) is 5.26 Å². The Bertz CT molecular complexity index is 665. The molecule has 0 atom stereocenters. The lowest BCUT2D eigenvalue weighted by Crippen LogP contribution is -2.41. The minimum atomic E-state index is -0.477. The van der Waals surface area contributed by atoms with Crippen molar-refractivity contribution < 1.29 is 18.8 Å². The topological polar surface area (TPSA) is 64.0 Å². The maximum absolute atomic E-state index is 9.50. The average molecular weight is 358 g/mol. The monoisotopic (exact) mass is 358 g/mol. The number of hydrogen-bond acceptors (Lipinski definition) is 6. The van der Waals surface area contributed by atoms with E-state index in [-0.39, 0.29) is 0 Å². The second-order valence-corrected chi connectivity index (χ2v) is 7.76. The quantitative estimate of drug-likeness (QED) is 0.745. The van der Waals surface area contributed by atoms with Crippen LogP contribution in [0.25, 0.3) is 0 Å². The Balaban J connectivity index is 1.64. The van der Waals surface area contributed by atoms with Crippen molar-refractivity contribution in [1.29, 1.82) is 5.26 Å². The molecule has 6 nitrogen and oxygen atoms in total. The zero-order valence-corrected chi connectivity index (χ0v) is 16.1. The fraction of sp³-hybridized carbons (Fsp3) is 0.632. The SMILES string of the molecule is CC1(C)OB(c2ccc(OCCN3CCOCC3)c(C#N)c2)OC1(C)C. The lowest BCUT2D eigenvalue weighted by molar-refractivity contribution is 0.00578. The Hall–Kier alpha value is -1.59. The molecule has 1 aromatic rings. The van der Waals surface area contributed by atoms with Crippen LogP contribution >= 0.6 is 0 Å². The fourth-order valence-electron chi connectivity index (χ4n) is 3.00. The molecule has 0 bridgehead atoms. The number of nitriles is 1. The Morgan fingerprint density at radius 1 is 1.15 bits per heavy atom. The third-order valence-corrected chi connectivity index (χ3v) is 5.42. The summed E-state index contributed by atoms with van der Waals surface area (Å²) < 4.78 is 23.3. The summed E-state index contributed by atoms with van der Waals surface area (Å²) in [5.41, 5.74) is 0.523. The lowest BCUT2D eigenvalue weighted by Gasteiger charge is -2.32. The first-order chi connectivity index (χ1) is 12.3. The van der Waals surface area contributed by atoms with Crippen molar-refractivity contribution in [1.82, 2.24) is 4.90 Å². The van der Waals surface area contributed by atoms with Crippen LogP contribution in [-0.4, -0.2) is 62.7 Å². The van der Waals surface area contributed by atoms with Crippen molar-refractivity contribution in [2.45, 2.75) is 38.9 Å². The Labute approximate surface area is 156 Å². The predicted molar refractivity (Wildman–Crippen MR) is 99.6 cm³/mol. The van der Waals surface area contributed by atoms with Crippen LogP contribution in [0.4, 0.5) is 0 Å². The molecule has 0 aliphatic carbocycles. The molecule has 2 saturated heterocycles. The van der Waals surface area contributed by atoms with Gasteiger partial charge in [0, 0.05) is 19.6 Å². The van der Waals surface area contributed by atoms with Gasteiger partial charge in [-0.05, 0) is 45.3 Å². The number of nitrogens with zero attached hydrogens (tertiary/aromatic N) is 2. The Morgan fingerprint density at radius 3 is 2.42 bits per heavy atom. The van der Waals surface area contributed by atoms with E-state index in [1.165, 1.54) is 0 Å². The van der Waals surface area contributed by atoms with Crippen molar-refractivity contribution in [2.75, 3.05) is 39.5 Å². The van der Waals surface area contributed by atoms with Crippen LogP contribution in [0, 0.1) is 11.3 Å². The van der Waals surface area contributed by atoms with Gasteiger partial charge in [0.05, 0.1) is 30.0 Å². The minimum Gasteiger partial charge on any atom is -0.491 e. The van der Waals surface area contributed by atoms with Gasteiger partial charge in [-0.15, -0.1) is 0 Å². The molecule has 0 saturated carbocycles. The van der Waals surface area contributed by atoms with Gasteiger partial charge in [0.15, 0.2) is 0 Å². The molecule has 26 heavy (non-hydrogen) atoms. The van der Waals surface area contributed by atoms with E-state index < -0.39 is 18.3 Å². The number of hydrogen-bond donors (Lipinski definition) is 0. The molecular formula is C19H27BN2O4. The molecule has 2 aliphatic heterocycles. The summed E-state index contributed by atoms with van der Waals surface area (Å²) in [4.78, 5) is 2.30. The second-order valence-electron chi connectivity index (χ2n) is 7.76. The highest BCUT2D eigenvalue weighted by Crippen LogP contribution is 2.36. The maximum Gasteiger partial charge on any atom is 0.494 e. The zero-order valence-electron chi connectivity index (χ0n) is 16.1. The first-order valence-electron chi connectivity index (χ1n) is 9.15. The van der Waals surface area contributed by atoms with Gasteiger partial charge in [0.2, 0.25) is 0 Å². The number of ether oxygens (including phenoxy) is 2. The summed E-state index contributed by atoms with van der Waals surface area (Å²) in [6.45, 7) is 12.8. The van der Waals surface area contributed by atoms with Crippen molar-refractivity contribution >= 4 is 12.6 Å². The van der Waals surface area contributed by atoms with E-state index in [0.29, 0.717) is 17.9 Å². The van der Waals surface area contributed by atoms with E-state index in [0.717, 1.165) is 38.3 Å². The van der Waals surface area contributed by atoms with Crippen LogP contribution in [0.2, 0.25) is 0 Å². The fourth-order valence-corrected chi connectivity index (χ4v) is 3.00. The molecule has 3 rings (SSSR count). The van der Waals surface area contributed by atoms with E-state index >= 15 is 0 Å². The van der Waals surface area contributed by atoms with Crippen LogP contribution in [0.5, 0.6) is 5.75 Å². The standard InChI is InChI=1S/C19H27BN2O4/c1-18(2)19(3,4)26-20(25-18)16-5-6-17(15(13-16)14-21)24-12-9-22-7-10-23-11-8-22/h5-6,13H,7-12H2,1-4H3. The van der Waals surface area contributed by atoms with Crippen molar-refractivity contribution in [3.63, 3.8) is 0 Å². The Kier molecular flexibility index (Phi) is 5.59. The smallest absolute Gasteiger partial charge is 0.491 e. The van der Waals surface area contributed by atoms with Crippen LogP contribution in [-0.2, 0) is 14.0 Å². The molecular weight excluding hydrogens is 331 g/mol. The first-order valence-corrected chi connectivity index (χ1v) is 9.15. The van der Waals surface area contributed by atoms with Gasteiger partial charge >= 0.3 is 7.12 Å². The van der Waals surface area contributed by atoms with Gasteiger partial charge in [0.25, 0.3) is 0 Å². The van der Waals surface area contributed by atoms with E-state index in [1.807, 2.05) is 39.8 Å². The van der Waals surface area contributed by atoms with Crippen LogP contribution in [0.3, 0.4) is 0 Å². The third kappa shape index (κ3) is 4.04. The van der Waals surface area contributed by atoms with Crippen LogP contribution in [0.1, 0.15) is 33.3 Å². The summed E-state index contributed by atoms with van der Waals surface area (Å²) >= 11 is 0. The molecule has 0 spiro atoms. The van der Waals surface area contributed by atoms with Gasteiger partial charge in [-0.1, -0.05) is 6.07 Å². The van der Waals surface area contributed by atoms with Gasteiger partial charge in [-0.3, -0.25) is 4.90 Å². The highest BCUT2D eigenvalue weighted by molar-refractivity contribution is 6.62. The summed E-state index contributed by atoms with van der Waals surface area (Å²) in [6.07, 6.45) is 0. The molecule has 1 aromatic carbocycles. The highest BCUT2D eigenvalue weighted by atomic mass is 16.7. The summed E-state index contributed by atoms with van der Waals surface area (Å²) in [6, 6.07) is 7.76. The molecule has 2 heterocycles. The molecule has 0 N–H and O–H groups in total. The van der Waals surface area contributed by atoms with Gasteiger partial charge < -0.3 is 18.8 Å². The zero-order chi connectivity index (χ0) is 18.8. The van der Waals surface area contributed by atoms with Crippen LogP contribution in [0.15, 0.2) is 18.2 Å². The molecule has 0 amide bonds. The maximum atomic E-state index is 9.50. The molecule has 0 aromatic heterocycles. The van der Waals surface area contributed by atoms with Crippen molar-refractivity contribution in [2.24, 2.45) is 0 Å². The van der Waals surface area contributed by atoms with Gasteiger partial charge in [-0.25, -0.2) is 0 Å². The van der Waals surface area contributed by atoms with Crippen LogP contribution < -0.4 is 10.2 Å². The Morgan fingerprint density at radius 2 is 1.81 bits per heavy atom. The predicted octanol–water partition coefficient (Wildman–Crippen LogP) is 1.57. The molecule has 0 unspecified atom stereocenters. The van der Waals surface area contributed by atoms with E-state index in [4.69, 9.17) is 18.8 Å². The molecule has 2 aliphatic rings. The summed E-state index contributed by atoms with van der Waals surface area (Å²) in [5.74, 6) is 0.598. The van der Waals surface area contributed by atoms with E-state index in [2.05, 4.69) is 11.0 Å². The number of benzene rings is 1. The summed E-state index contributed by atoms with van der Waals surface area (Å²) in [7, 11) is -0.477. The lowest BCUT2D eigenvalue weighted by atomic mass is 9.78. The normalized spacial score (nSPS) is 22.2. The number of rotatable bonds is 5. The molecule has 140 valence electrons. The molecule has 0 radical (unpaired) electrons. The third-order valence-electron chi connectivity index (χ3n) is 5.42. The van der Waals surface area contributed by atoms with Crippen molar-refractivity contribution in [3.8, 4) is 11.8 Å². The van der Waals surface area contributed by atoms with Crippen molar-refractivity contribution in [3.05, 3.63) is 23.8 Å². The van der Waals surface area contributed by atoms with E-state index in [1.54, 1.807) is 6.07 Å². The minimum absolute atomic E-state index is 0.405. The molecule has 7 heteroatoms. The number of morpholine rings is 1. The second kappa shape index (κ2) is 7.57. The first kappa shape index (κ1) is 19.2. The van der Waals surface area contributed by atoms with Gasteiger partial charge in [-0.2, -0.15) is 5.26 Å². The highest BCUT2D eigenvalue weighted by Gasteiger charge is 2.51. The summed E-state index contributed by atoms with van der Waals surface area (Å²) in [5, 5.41) is 9.50.